The second kappa shape index (κ2) is 7.99. The molecule has 2 N–H and O–H groups in total. The first-order chi connectivity index (χ1) is 9.63. The minimum atomic E-state index is -0.370. The zero-order valence-corrected chi connectivity index (χ0v) is 12.9. The summed E-state index contributed by atoms with van der Waals surface area (Å²) in [5.74, 6) is 0.844. The van der Waals surface area contributed by atoms with Gasteiger partial charge in [0.25, 0.3) is 0 Å². The Morgan fingerprint density at radius 2 is 1.95 bits per heavy atom. The van der Waals surface area contributed by atoms with Crippen LogP contribution in [-0.4, -0.2) is 37.5 Å². The monoisotopic (exact) mass is 298 g/mol. The third-order valence-corrected chi connectivity index (χ3v) is 4.25. The van der Waals surface area contributed by atoms with Crippen molar-refractivity contribution in [3.8, 4) is 0 Å². The lowest BCUT2D eigenvalue weighted by Gasteiger charge is -2.28. The summed E-state index contributed by atoms with van der Waals surface area (Å²) in [6, 6.07) is 7.61. The quantitative estimate of drug-likeness (QED) is 0.835. The van der Waals surface area contributed by atoms with E-state index in [1.165, 1.54) is 30.8 Å². The maximum absolute atomic E-state index is 10.0. The van der Waals surface area contributed by atoms with Gasteiger partial charge in [-0.3, -0.25) is 0 Å². The second-order valence-corrected chi connectivity index (χ2v) is 6.37. The SMILES string of the molecule is CC1CC[NH+](C[C@H](O)COCc2ccc(Cl)cc2)CC1. The largest absolute Gasteiger partial charge is 0.385 e. The van der Waals surface area contributed by atoms with Crippen LogP contribution in [0.5, 0.6) is 0 Å². The highest BCUT2D eigenvalue weighted by atomic mass is 35.5. The molecule has 112 valence electrons. The molecule has 0 unspecified atom stereocenters. The smallest absolute Gasteiger partial charge is 0.126 e. The van der Waals surface area contributed by atoms with Crippen LogP contribution < -0.4 is 4.90 Å². The van der Waals surface area contributed by atoms with E-state index in [2.05, 4.69) is 6.92 Å². The fourth-order valence-corrected chi connectivity index (χ4v) is 2.79. The molecule has 2 rings (SSSR count). The van der Waals surface area contributed by atoms with Crippen molar-refractivity contribution in [2.24, 2.45) is 5.92 Å². The van der Waals surface area contributed by atoms with Gasteiger partial charge in [0, 0.05) is 5.02 Å². The minimum Gasteiger partial charge on any atom is -0.385 e. The average molecular weight is 299 g/mol. The van der Waals surface area contributed by atoms with Gasteiger partial charge < -0.3 is 14.7 Å². The maximum atomic E-state index is 10.0. The summed E-state index contributed by atoms with van der Waals surface area (Å²) < 4.78 is 5.58. The fraction of sp³-hybridized carbons (Fsp3) is 0.625. The van der Waals surface area contributed by atoms with Crippen LogP contribution in [0.3, 0.4) is 0 Å². The van der Waals surface area contributed by atoms with Gasteiger partial charge in [-0.15, -0.1) is 0 Å². The van der Waals surface area contributed by atoms with Crippen LogP contribution >= 0.6 is 11.6 Å². The summed E-state index contributed by atoms with van der Waals surface area (Å²) in [5, 5.41) is 10.8. The summed E-state index contributed by atoms with van der Waals surface area (Å²) in [5.41, 5.74) is 1.08. The zero-order chi connectivity index (χ0) is 14.4. The normalized spacial score (nSPS) is 24.6. The number of ether oxygens (including phenoxy) is 1. The van der Waals surface area contributed by atoms with E-state index in [4.69, 9.17) is 16.3 Å². The molecule has 1 aliphatic heterocycles. The Hall–Kier alpha value is -0.610. The Morgan fingerprint density at radius 1 is 1.30 bits per heavy atom. The van der Waals surface area contributed by atoms with Crippen molar-refractivity contribution in [3.05, 3.63) is 34.9 Å². The molecule has 1 atom stereocenters. The van der Waals surface area contributed by atoms with Gasteiger partial charge in [0.15, 0.2) is 0 Å². The number of hydrogen-bond donors (Lipinski definition) is 2. The van der Waals surface area contributed by atoms with Crippen molar-refractivity contribution < 1.29 is 14.7 Å². The van der Waals surface area contributed by atoms with Gasteiger partial charge in [-0.1, -0.05) is 30.7 Å². The van der Waals surface area contributed by atoms with Crippen LogP contribution in [0.1, 0.15) is 25.3 Å². The lowest BCUT2D eigenvalue weighted by atomic mass is 9.99. The van der Waals surface area contributed by atoms with Gasteiger partial charge >= 0.3 is 0 Å². The molecule has 1 aromatic carbocycles. The number of quaternary nitrogens is 1. The lowest BCUT2D eigenvalue weighted by Crippen LogP contribution is -3.14. The van der Waals surface area contributed by atoms with Crippen molar-refractivity contribution in [1.82, 2.24) is 0 Å². The second-order valence-electron chi connectivity index (χ2n) is 5.93. The molecule has 0 spiro atoms. The summed E-state index contributed by atoms with van der Waals surface area (Å²) in [6.07, 6.45) is 2.17. The molecule has 0 amide bonds. The maximum Gasteiger partial charge on any atom is 0.126 e. The molecule has 20 heavy (non-hydrogen) atoms. The van der Waals surface area contributed by atoms with Crippen LogP contribution in [0.4, 0.5) is 0 Å². The first-order valence-electron chi connectivity index (χ1n) is 7.47. The topological polar surface area (TPSA) is 33.9 Å². The van der Waals surface area contributed by atoms with Gasteiger partial charge in [-0.25, -0.2) is 0 Å². The number of aliphatic hydroxyl groups is 1. The van der Waals surface area contributed by atoms with Crippen molar-refractivity contribution in [1.29, 1.82) is 0 Å². The van der Waals surface area contributed by atoms with Crippen LogP contribution in [-0.2, 0) is 11.3 Å². The number of likely N-dealkylation sites (tertiary alicyclic amines) is 1. The molecule has 1 heterocycles. The lowest BCUT2D eigenvalue weighted by molar-refractivity contribution is -0.909. The molecule has 0 radical (unpaired) electrons. The standard InChI is InChI=1S/C16H24ClNO2/c1-13-6-8-18(9-7-13)10-16(19)12-20-11-14-2-4-15(17)5-3-14/h2-5,13,16,19H,6-12H2,1H3/p+1/t16-/m0/s1. The molecule has 0 aliphatic carbocycles. The number of nitrogens with one attached hydrogen (secondary N) is 1. The highest BCUT2D eigenvalue weighted by molar-refractivity contribution is 6.30. The summed E-state index contributed by atoms with van der Waals surface area (Å²) in [4.78, 5) is 1.51. The van der Waals surface area contributed by atoms with E-state index in [9.17, 15) is 5.11 Å². The van der Waals surface area contributed by atoms with Gasteiger partial charge in [0.1, 0.15) is 12.6 Å². The van der Waals surface area contributed by atoms with Crippen LogP contribution in [0.25, 0.3) is 0 Å². The van der Waals surface area contributed by atoms with Crippen molar-refractivity contribution in [2.75, 3.05) is 26.2 Å². The summed E-state index contributed by atoms with van der Waals surface area (Å²) >= 11 is 5.83. The third-order valence-electron chi connectivity index (χ3n) is 4.00. The number of benzene rings is 1. The summed E-state index contributed by atoms with van der Waals surface area (Å²) in [6.45, 7) is 6.39. The third kappa shape index (κ3) is 5.41. The highest BCUT2D eigenvalue weighted by Gasteiger charge is 2.21. The average Bonchev–Trinajstić information content (AvgIpc) is 2.44. The molecule has 1 aromatic rings. The Kier molecular flexibility index (Phi) is 6.30. The van der Waals surface area contributed by atoms with Gasteiger partial charge in [0.05, 0.1) is 26.3 Å². The molecule has 1 aliphatic rings. The van der Waals surface area contributed by atoms with Gasteiger partial charge in [-0.05, 0) is 36.5 Å². The van der Waals surface area contributed by atoms with Crippen molar-refractivity contribution in [3.63, 3.8) is 0 Å². The molecule has 0 bridgehead atoms. The Labute approximate surface area is 126 Å². The summed E-state index contributed by atoms with van der Waals surface area (Å²) in [7, 11) is 0. The Balaban J connectivity index is 1.62. The predicted octanol–water partition coefficient (Wildman–Crippen LogP) is 1.53. The van der Waals surface area contributed by atoms with E-state index in [1.807, 2.05) is 24.3 Å². The first kappa shape index (κ1) is 15.8. The Bertz CT molecular complexity index is 388. The van der Waals surface area contributed by atoms with Gasteiger partial charge in [-0.2, -0.15) is 0 Å². The number of aliphatic hydroxyl groups excluding tert-OH is 1. The number of halogens is 1. The highest BCUT2D eigenvalue weighted by Crippen LogP contribution is 2.10. The van der Waals surface area contributed by atoms with Crippen molar-refractivity contribution >= 4 is 11.6 Å². The number of rotatable bonds is 6. The van der Waals surface area contributed by atoms with Crippen LogP contribution in [0.2, 0.25) is 5.02 Å². The van der Waals surface area contributed by atoms with Crippen molar-refractivity contribution in [2.45, 2.75) is 32.5 Å². The molecule has 1 fully saturated rings. The Morgan fingerprint density at radius 3 is 2.60 bits per heavy atom. The van der Waals surface area contributed by atoms with E-state index in [0.29, 0.717) is 13.2 Å². The minimum absolute atomic E-state index is 0.370. The molecule has 3 nitrogen and oxygen atoms in total. The van der Waals surface area contributed by atoms with Crippen LogP contribution in [0.15, 0.2) is 24.3 Å². The van der Waals surface area contributed by atoms with E-state index in [1.54, 1.807) is 0 Å². The van der Waals surface area contributed by atoms with Gasteiger partial charge in [0.2, 0.25) is 0 Å². The molecular formula is C16H25ClNO2+. The number of hydrogen-bond acceptors (Lipinski definition) is 2. The fourth-order valence-electron chi connectivity index (χ4n) is 2.66. The van der Waals surface area contributed by atoms with Crippen LogP contribution in [0, 0.1) is 5.92 Å². The zero-order valence-electron chi connectivity index (χ0n) is 12.1. The molecule has 0 aromatic heterocycles. The van der Waals surface area contributed by atoms with E-state index < -0.39 is 0 Å². The van der Waals surface area contributed by atoms with E-state index >= 15 is 0 Å². The first-order valence-corrected chi connectivity index (χ1v) is 7.85. The molecule has 1 saturated heterocycles. The molecular weight excluding hydrogens is 274 g/mol. The van der Waals surface area contributed by atoms with E-state index in [-0.39, 0.29) is 6.10 Å². The molecule has 0 saturated carbocycles. The number of piperidine rings is 1. The predicted molar refractivity (Wildman–Crippen MR) is 81.1 cm³/mol. The van der Waals surface area contributed by atoms with E-state index in [0.717, 1.165) is 23.0 Å². The molecule has 4 heteroatoms.